The molecule has 2 atom stereocenters. The molecule has 1 N–H and O–H groups in total. The lowest BCUT2D eigenvalue weighted by molar-refractivity contribution is -0.140. The Labute approximate surface area is 147 Å². The van der Waals surface area contributed by atoms with Crippen LogP contribution in [0.3, 0.4) is 0 Å². The largest absolute Gasteiger partial charge is 0.481 e. The molecular formula is C20H23NO4. The highest BCUT2D eigenvalue weighted by molar-refractivity contribution is 6.00. The summed E-state index contributed by atoms with van der Waals surface area (Å²) in [6.45, 7) is 2.66. The second-order valence-corrected chi connectivity index (χ2v) is 6.42. The monoisotopic (exact) mass is 341 g/mol. The molecule has 0 fully saturated rings. The van der Waals surface area contributed by atoms with E-state index in [2.05, 4.69) is 6.92 Å². The van der Waals surface area contributed by atoms with Crippen molar-refractivity contribution in [1.29, 1.82) is 0 Å². The number of carboxylic acids is 1. The molecule has 1 aliphatic heterocycles. The van der Waals surface area contributed by atoms with Crippen LogP contribution in [-0.4, -0.2) is 28.4 Å². The first-order valence-electron chi connectivity index (χ1n) is 8.81. The van der Waals surface area contributed by atoms with Crippen molar-refractivity contribution < 1.29 is 19.1 Å². The van der Waals surface area contributed by atoms with Crippen LogP contribution >= 0.6 is 0 Å². The lowest BCUT2D eigenvalue weighted by Gasteiger charge is -2.39. The first kappa shape index (κ1) is 17.3. The molecule has 5 heteroatoms. The third-order valence-corrected chi connectivity index (χ3v) is 4.79. The quantitative estimate of drug-likeness (QED) is 0.765. The topological polar surface area (TPSA) is 70.8 Å². The number of hydrogen-bond donors (Lipinski definition) is 1. The van der Waals surface area contributed by atoms with Crippen LogP contribution in [0.25, 0.3) is 0 Å². The molecule has 2 unspecified atom stereocenters. The van der Waals surface area contributed by atoms with E-state index in [1.54, 1.807) is 41.3 Å². The standard InChI is InChI=1S/C20H23NO4/c1-2-3-4-7-12-21-18(16-11-8-13-25-16)17(20(23)24)14-9-5-6-10-15(14)19(21)22/h5-6,8-11,13,17-18H,2-4,7,12H2,1H3,(H,23,24). The molecule has 1 aromatic carbocycles. The highest BCUT2D eigenvalue weighted by Crippen LogP contribution is 2.43. The zero-order valence-electron chi connectivity index (χ0n) is 14.4. The maximum Gasteiger partial charge on any atom is 0.313 e. The number of benzene rings is 1. The molecule has 0 aliphatic carbocycles. The van der Waals surface area contributed by atoms with Gasteiger partial charge in [0, 0.05) is 12.1 Å². The minimum Gasteiger partial charge on any atom is -0.481 e. The van der Waals surface area contributed by atoms with Crippen LogP contribution in [0, 0.1) is 0 Å². The minimum absolute atomic E-state index is 0.119. The average Bonchev–Trinajstić information content (AvgIpc) is 3.14. The van der Waals surface area contributed by atoms with Gasteiger partial charge in [-0.25, -0.2) is 0 Å². The van der Waals surface area contributed by atoms with Crippen molar-refractivity contribution in [3.63, 3.8) is 0 Å². The normalized spacial score (nSPS) is 19.7. The SMILES string of the molecule is CCCCCCN1C(=O)c2ccccc2C(C(=O)O)C1c1ccco1. The summed E-state index contributed by atoms with van der Waals surface area (Å²) in [5, 5.41) is 9.89. The van der Waals surface area contributed by atoms with E-state index in [4.69, 9.17) is 4.42 Å². The Hall–Kier alpha value is -2.56. The summed E-state index contributed by atoms with van der Waals surface area (Å²) < 4.78 is 5.52. The summed E-state index contributed by atoms with van der Waals surface area (Å²) in [5.41, 5.74) is 1.04. The molecule has 0 bridgehead atoms. The van der Waals surface area contributed by atoms with Gasteiger partial charge in [-0.1, -0.05) is 44.4 Å². The van der Waals surface area contributed by atoms with Crippen LogP contribution < -0.4 is 0 Å². The molecule has 5 nitrogen and oxygen atoms in total. The van der Waals surface area contributed by atoms with Crippen LogP contribution in [0.2, 0.25) is 0 Å². The molecule has 3 rings (SSSR count). The fraction of sp³-hybridized carbons (Fsp3) is 0.400. The smallest absolute Gasteiger partial charge is 0.313 e. The van der Waals surface area contributed by atoms with E-state index in [-0.39, 0.29) is 5.91 Å². The van der Waals surface area contributed by atoms with E-state index in [9.17, 15) is 14.7 Å². The second kappa shape index (κ2) is 7.55. The number of carboxylic acid groups (broad SMARTS) is 1. The molecule has 25 heavy (non-hydrogen) atoms. The second-order valence-electron chi connectivity index (χ2n) is 6.42. The zero-order chi connectivity index (χ0) is 17.8. The van der Waals surface area contributed by atoms with Gasteiger partial charge < -0.3 is 14.4 Å². The highest BCUT2D eigenvalue weighted by Gasteiger charge is 2.45. The van der Waals surface area contributed by atoms with Crippen LogP contribution in [0.5, 0.6) is 0 Å². The molecule has 0 spiro atoms. The van der Waals surface area contributed by atoms with E-state index in [1.807, 2.05) is 0 Å². The van der Waals surface area contributed by atoms with Gasteiger partial charge in [0.15, 0.2) is 0 Å². The highest BCUT2D eigenvalue weighted by atomic mass is 16.4. The van der Waals surface area contributed by atoms with Crippen LogP contribution in [0.4, 0.5) is 0 Å². The summed E-state index contributed by atoms with van der Waals surface area (Å²) >= 11 is 0. The molecule has 0 saturated carbocycles. The van der Waals surface area contributed by atoms with Gasteiger partial charge in [-0.2, -0.15) is 0 Å². The van der Waals surface area contributed by atoms with Crippen molar-refractivity contribution in [2.75, 3.05) is 6.54 Å². The summed E-state index contributed by atoms with van der Waals surface area (Å²) in [5.74, 6) is -1.37. The summed E-state index contributed by atoms with van der Waals surface area (Å²) in [6.07, 6.45) is 5.60. The molecule has 0 radical (unpaired) electrons. The van der Waals surface area contributed by atoms with Crippen molar-refractivity contribution in [2.24, 2.45) is 0 Å². The lowest BCUT2D eigenvalue weighted by atomic mass is 9.81. The lowest BCUT2D eigenvalue weighted by Crippen LogP contribution is -2.45. The molecule has 1 amide bonds. The van der Waals surface area contributed by atoms with Crippen molar-refractivity contribution >= 4 is 11.9 Å². The van der Waals surface area contributed by atoms with E-state index in [0.717, 1.165) is 25.7 Å². The number of aliphatic carboxylic acids is 1. The van der Waals surface area contributed by atoms with Gasteiger partial charge in [0.2, 0.25) is 0 Å². The minimum atomic E-state index is -0.945. The third kappa shape index (κ3) is 3.31. The Morgan fingerprint density at radius 1 is 1.16 bits per heavy atom. The van der Waals surface area contributed by atoms with Gasteiger partial charge in [-0.3, -0.25) is 9.59 Å². The third-order valence-electron chi connectivity index (χ3n) is 4.79. The van der Waals surface area contributed by atoms with Crippen LogP contribution in [0.15, 0.2) is 47.1 Å². The number of unbranched alkanes of at least 4 members (excludes halogenated alkanes) is 3. The fourth-order valence-corrected chi connectivity index (χ4v) is 3.59. The van der Waals surface area contributed by atoms with Gasteiger partial charge in [0.05, 0.1) is 6.26 Å². The van der Waals surface area contributed by atoms with Crippen molar-refractivity contribution in [1.82, 2.24) is 4.90 Å². The van der Waals surface area contributed by atoms with Crippen molar-refractivity contribution in [3.8, 4) is 0 Å². The van der Waals surface area contributed by atoms with Gasteiger partial charge in [-0.15, -0.1) is 0 Å². The maximum absolute atomic E-state index is 13.0. The van der Waals surface area contributed by atoms with Gasteiger partial charge in [0.1, 0.15) is 17.7 Å². The van der Waals surface area contributed by atoms with E-state index in [1.165, 1.54) is 6.26 Å². The van der Waals surface area contributed by atoms with Gasteiger partial charge in [0.25, 0.3) is 5.91 Å². The molecule has 2 heterocycles. The molecule has 0 saturated heterocycles. The van der Waals surface area contributed by atoms with Crippen LogP contribution in [0.1, 0.15) is 66.2 Å². The summed E-state index contributed by atoms with van der Waals surface area (Å²) in [4.78, 5) is 26.8. The van der Waals surface area contributed by atoms with Gasteiger partial charge in [-0.05, 0) is 30.2 Å². The van der Waals surface area contributed by atoms with E-state index < -0.39 is 17.9 Å². The number of furan rings is 1. The van der Waals surface area contributed by atoms with Crippen molar-refractivity contribution in [2.45, 2.75) is 44.6 Å². The number of nitrogens with zero attached hydrogens (tertiary/aromatic N) is 1. The first-order chi connectivity index (χ1) is 12.1. The Bertz CT molecular complexity index is 738. The number of carbonyl (C=O) groups excluding carboxylic acids is 1. The Morgan fingerprint density at radius 2 is 1.96 bits per heavy atom. The Kier molecular flexibility index (Phi) is 5.22. The average molecular weight is 341 g/mol. The maximum atomic E-state index is 13.0. The summed E-state index contributed by atoms with van der Waals surface area (Å²) in [7, 11) is 0. The zero-order valence-corrected chi connectivity index (χ0v) is 14.4. The first-order valence-corrected chi connectivity index (χ1v) is 8.81. The summed E-state index contributed by atoms with van der Waals surface area (Å²) in [6, 6.07) is 9.86. The molecule has 2 aromatic rings. The Balaban J connectivity index is 2.02. The number of carbonyl (C=O) groups is 2. The van der Waals surface area contributed by atoms with Crippen LogP contribution in [-0.2, 0) is 4.79 Å². The number of rotatable bonds is 7. The van der Waals surface area contributed by atoms with Crippen molar-refractivity contribution in [3.05, 3.63) is 59.5 Å². The number of hydrogen-bond acceptors (Lipinski definition) is 3. The number of fused-ring (bicyclic) bond motifs is 1. The molecule has 1 aromatic heterocycles. The van der Waals surface area contributed by atoms with E-state index >= 15 is 0 Å². The predicted octanol–water partition coefficient (Wildman–Crippen LogP) is 4.23. The Morgan fingerprint density at radius 3 is 2.64 bits per heavy atom. The fourth-order valence-electron chi connectivity index (χ4n) is 3.59. The molecule has 1 aliphatic rings. The predicted molar refractivity (Wildman–Crippen MR) is 93.4 cm³/mol. The van der Waals surface area contributed by atoms with Gasteiger partial charge >= 0.3 is 5.97 Å². The molecular weight excluding hydrogens is 318 g/mol. The van der Waals surface area contributed by atoms with E-state index in [0.29, 0.717) is 23.4 Å². The molecule has 132 valence electrons. The number of amides is 1.